The summed E-state index contributed by atoms with van der Waals surface area (Å²) in [5, 5.41) is 17.6. The van der Waals surface area contributed by atoms with Gasteiger partial charge in [0.05, 0.1) is 12.7 Å². The van der Waals surface area contributed by atoms with Gasteiger partial charge in [-0.2, -0.15) is 9.61 Å². The summed E-state index contributed by atoms with van der Waals surface area (Å²) in [6.45, 7) is 2.66. The standard InChI is InChI=1S/C12H17N5OS/c1-2-8(3-1)11-14-15-12-17(11)16-10(19-12)6-9-7-13-4-5-18-9/h8-9,13H,1-7H2. The molecular formula is C12H17N5OS. The molecule has 1 N–H and O–H groups in total. The Balaban J connectivity index is 1.55. The quantitative estimate of drug-likeness (QED) is 0.907. The number of hydrogen-bond donors (Lipinski definition) is 1. The Hall–Kier alpha value is -1.05. The van der Waals surface area contributed by atoms with Crippen LogP contribution >= 0.6 is 11.3 Å². The van der Waals surface area contributed by atoms with Crippen molar-refractivity contribution < 1.29 is 4.74 Å². The molecule has 1 saturated heterocycles. The van der Waals surface area contributed by atoms with Gasteiger partial charge >= 0.3 is 0 Å². The first kappa shape index (κ1) is 11.7. The molecule has 0 bridgehead atoms. The Morgan fingerprint density at radius 2 is 2.32 bits per heavy atom. The average Bonchev–Trinajstić information content (AvgIpc) is 2.90. The molecule has 3 heterocycles. The van der Waals surface area contributed by atoms with E-state index in [9.17, 15) is 0 Å². The second-order valence-electron chi connectivity index (χ2n) is 5.28. The van der Waals surface area contributed by atoms with E-state index in [2.05, 4.69) is 20.6 Å². The molecule has 1 unspecified atom stereocenters. The summed E-state index contributed by atoms with van der Waals surface area (Å²) in [5.74, 6) is 1.61. The van der Waals surface area contributed by atoms with Gasteiger partial charge in [0.25, 0.3) is 0 Å². The van der Waals surface area contributed by atoms with Crippen molar-refractivity contribution in [3.63, 3.8) is 0 Å². The van der Waals surface area contributed by atoms with Crippen molar-refractivity contribution in [1.82, 2.24) is 25.1 Å². The molecule has 2 fully saturated rings. The van der Waals surface area contributed by atoms with E-state index in [4.69, 9.17) is 4.74 Å². The number of hydrogen-bond acceptors (Lipinski definition) is 6. The molecule has 1 atom stereocenters. The molecular weight excluding hydrogens is 262 g/mol. The molecule has 6 nitrogen and oxygen atoms in total. The highest BCUT2D eigenvalue weighted by Gasteiger charge is 2.26. The zero-order valence-corrected chi connectivity index (χ0v) is 11.5. The van der Waals surface area contributed by atoms with Crippen molar-refractivity contribution >= 4 is 16.3 Å². The van der Waals surface area contributed by atoms with Crippen LogP contribution in [-0.4, -0.2) is 45.6 Å². The molecule has 1 aliphatic carbocycles. The molecule has 19 heavy (non-hydrogen) atoms. The molecule has 7 heteroatoms. The number of nitrogens with one attached hydrogen (secondary N) is 1. The molecule has 1 aliphatic heterocycles. The first-order valence-electron chi connectivity index (χ1n) is 6.93. The van der Waals surface area contributed by atoms with Gasteiger partial charge in [-0.3, -0.25) is 0 Å². The fraction of sp³-hybridized carbons (Fsp3) is 0.750. The Morgan fingerprint density at radius 1 is 1.37 bits per heavy atom. The zero-order chi connectivity index (χ0) is 12.7. The molecule has 0 aromatic carbocycles. The van der Waals surface area contributed by atoms with Crippen LogP contribution in [0.3, 0.4) is 0 Å². The molecule has 2 aliphatic rings. The van der Waals surface area contributed by atoms with E-state index < -0.39 is 0 Å². The molecule has 0 amide bonds. The maximum absolute atomic E-state index is 5.72. The van der Waals surface area contributed by atoms with Gasteiger partial charge in [0, 0.05) is 25.4 Å². The van der Waals surface area contributed by atoms with Gasteiger partial charge in [0.2, 0.25) is 4.96 Å². The Kier molecular flexibility index (Phi) is 2.97. The molecule has 0 radical (unpaired) electrons. The monoisotopic (exact) mass is 279 g/mol. The molecule has 102 valence electrons. The smallest absolute Gasteiger partial charge is 0.234 e. The van der Waals surface area contributed by atoms with Gasteiger partial charge < -0.3 is 10.1 Å². The van der Waals surface area contributed by atoms with Gasteiger partial charge in [0.1, 0.15) is 5.01 Å². The summed E-state index contributed by atoms with van der Waals surface area (Å²) in [7, 11) is 0. The van der Waals surface area contributed by atoms with Gasteiger partial charge in [0.15, 0.2) is 5.82 Å². The third-order valence-electron chi connectivity index (χ3n) is 3.93. The topological polar surface area (TPSA) is 64.3 Å². The second-order valence-corrected chi connectivity index (χ2v) is 6.32. The molecule has 2 aromatic heterocycles. The predicted molar refractivity (Wildman–Crippen MR) is 71.6 cm³/mol. The van der Waals surface area contributed by atoms with Crippen LogP contribution in [0, 0.1) is 0 Å². The minimum atomic E-state index is 0.240. The van der Waals surface area contributed by atoms with Crippen molar-refractivity contribution in [2.75, 3.05) is 19.7 Å². The third kappa shape index (κ3) is 2.15. The van der Waals surface area contributed by atoms with Crippen molar-refractivity contribution in [3.05, 3.63) is 10.8 Å². The fourth-order valence-electron chi connectivity index (χ4n) is 2.62. The first-order valence-corrected chi connectivity index (χ1v) is 7.75. The van der Waals surface area contributed by atoms with Crippen molar-refractivity contribution in [1.29, 1.82) is 0 Å². The normalized spacial score (nSPS) is 24.7. The Bertz CT molecular complexity index is 570. The highest BCUT2D eigenvalue weighted by Crippen LogP contribution is 2.35. The van der Waals surface area contributed by atoms with Crippen LogP contribution < -0.4 is 5.32 Å². The number of aromatic nitrogens is 4. The minimum absolute atomic E-state index is 0.240. The van der Waals surface area contributed by atoms with E-state index in [-0.39, 0.29) is 6.10 Å². The van der Waals surface area contributed by atoms with Gasteiger partial charge in [-0.25, -0.2) is 0 Å². The highest BCUT2D eigenvalue weighted by atomic mass is 32.1. The van der Waals surface area contributed by atoms with E-state index >= 15 is 0 Å². The van der Waals surface area contributed by atoms with Crippen LogP contribution in [0.5, 0.6) is 0 Å². The van der Waals surface area contributed by atoms with E-state index in [1.807, 2.05) is 4.52 Å². The Labute approximate surface area is 115 Å². The van der Waals surface area contributed by atoms with Gasteiger partial charge in [-0.1, -0.05) is 17.8 Å². The lowest BCUT2D eigenvalue weighted by molar-refractivity contribution is 0.0291. The van der Waals surface area contributed by atoms with Crippen molar-refractivity contribution in [3.8, 4) is 0 Å². The molecule has 0 spiro atoms. The summed E-state index contributed by atoms with van der Waals surface area (Å²) in [5.41, 5.74) is 0. The Morgan fingerprint density at radius 3 is 3.05 bits per heavy atom. The summed E-state index contributed by atoms with van der Waals surface area (Å²) < 4.78 is 7.67. The van der Waals surface area contributed by atoms with Crippen molar-refractivity contribution in [2.24, 2.45) is 0 Å². The van der Waals surface area contributed by atoms with E-state index in [1.54, 1.807) is 11.3 Å². The van der Waals surface area contributed by atoms with Crippen LogP contribution in [0.2, 0.25) is 0 Å². The highest BCUT2D eigenvalue weighted by molar-refractivity contribution is 7.16. The average molecular weight is 279 g/mol. The van der Waals surface area contributed by atoms with Crippen LogP contribution in [0.15, 0.2) is 0 Å². The first-order chi connectivity index (χ1) is 9.40. The number of nitrogens with zero attached hydrogens (tertiary/aromatic N) is 4. The SMILES string of the molecule is C1CC(c2nnc3sc(CC4CNCCO4)nn23)C1. The molecule has 1 saturated carbocycles. The van der Waals surface area contributed by atoms with Crippen LogP contribution in [-0.2, 0) is 11.2 Å². The van der Waals surface area contributed by atoms with E-state index in [1.165, 1.54) is 19.3 Å². The van der Waals surface area contributed by atoms with Gasteiger partial charge in [-0.05, 0) is 12.8 Å². The zero-order valence-electron chi connectivity index (χ0n) is 10.7. The summed E-state index contributed by atoms with van der Waals surface area (Å²) in [6.07, 6.45) is 4.86. The van der Waals surface area contributed by atoms with E-state index in [0.717, 1.165) is 41.9 Å². The summed E-state index contributed by atoms with van der Waals surface area (Å²) >= 11 is 1.63. The maximum Gasteiger partial charge on any atom is 0.234 e. The van der Waals surface area contributed by atoms with Crippen LogP contribution in [0.1, 0.15) is 36.0 Å². The number of fused-ring (bicyclic) bond motifs is 1. The molecule has 2 aromatic rings. The lowest BCUT2D eigenvalue weighted by atomic mass is 9.85. The van der Waals surface area contributed by atoms with Gasteiger partial charge in [-0.15, -0.1) is 10.2 Å². The summed E-state index contributed by atoms with van der Waals surface area (Å²) in [6, 6.07) is 0. The van der Waals surface area contributed by atoms with E-state index in [0.29, 0.717) is 5.92 Å². The van der Waals surface area contributed by atoms with Crippen molar-refractivity contribution in [2.45, 2.75) is 37.7 Å². The number of rotatable bonds is 3. The lowest BCUT2D eigenvalue weighted by Gasteiger charge is -2.23. The second kappa shape index (κ2) is 4.81. The maximum atomic E-state index is 5.72. The summed E-state index contributed by atoms with van der Waals surface area (Å²) in [4.78, 5) is 0.917. The molecule has 4 rings (SSSR count). The minimum Gasteiger partial charge on any atom is -0.375 e. The number of morpholine rings is 1. The fourth-order valence-corrected chi connectivity index (χ4v) is 3.53. The lowest BCUT2D eigenvalue weighted by Crippen LogP contribution is -2.39. The predicted octanol–water partition coefficient (Wildman–Crippen LogP) is 0.984. The third-order valence-corrected chi connectivity index (χ3v) is 4.85. The van der Waals surface area contributed by atoms with Crippen LogP contribution in [0.4, 0.5) is 0 Å². The van der Waals surface area contributed by atoms with Crippen LogP contribution in [0.25, 0.3) is 4.96 Å². The largest absolute Gasteiger partial charge is 0.375 e. The number of ether oxygens (including phenoxy) is 1.